The van der Waals surface area contributed by atoms with Crippen molar-refractivity contribution in [2.24, 2.45) is 14.1 Å². The van der Waals surface area contributed by atoms with Crippen LogP contribution in [0, 0.1) is 0 Å². The molecule has 2 aromatic heterocycles. The molecule has 0 N–H and O–H groups in total. The van der Waals surface area contributed by atoms with Gasteiger partial charge in [0.05, 0.1) is 14.1 Å². The normalized spacial score (nSPS) is 11.7. The second-order valence-corrected chi connectivity index (χ2v) is 8.68. The van der Waals surface area contributed by atoms with E-state index in [1.807, 2.05) is 53.1 Å². The monoisotopic (exact) mass is 505 g/mol. The van der Waals surface area contributed by atoms with Crippen LogP contribution in [-0.4, -0.2) is 16.4 Å². The van der Waals surface area contributed by atoms with Crippen molar-refractivity contribution < 1.29 is 21.8 Å². The number of fused-ring (bicyclic) bond motifs is 5. The number of rotatable bonds is 1. The number of aromatic nitrogens is 3. The summed E-state index contributed by atoms with van der Waals surface area (Å²) in [5, 5.41) is 5.85. The van der Waals surface area contributed by atoms with Gasteiger partial charge in [0.1, 0.15) is 16.6 Å². The van der Waals surface area contributed by atoms with Crippen molar-refractivity contribution >= 4 is 50.7 Å². The minimum atomic E-state index is -6.00. The molecule has 2 heterocycles. The van der Waals surface area contributed by atoms with Crippen LogP contribution >= 0.6 is 0 Å². The van der Waals surface area contributed by atoms with Gasteiger partial charge in [0, 0.05) is 5.39 Å². The zero-order valence-electron chi connectivity index (χ0n) is 19.8. The molecule has 186 valence electrons. The van der Waals surface area contributed by atoms with Crippen LogP contribution in [0.5, 0.6) is 0 Å². The van der Waals surface area contributed by atoms with Crippen molar-refractivity contribution in [3.63, 3.8) is 0 Å². The third-order valence-corrected chi connectivity index (χ3v) is 6.32. The molecular weight excluding hydrogens is 485 g/mol. The molecule has 6 rings (SSSR count). The van der Waals surface area contributed by atoms with Gasteiger partial charge in [-0.2, -0.15) is 9.13 Å². The molecule has 0 unspecified atom stereocenters. The van der Waals surface area contributed by atoms with Crippen LogP contribution in [0.1, 0.15) is 0 Å². The van der Waals surface area contributed by atoms with Gasteiger partial charge in [-0.1, -0.05) is 48.5 Å². The Labute approximate surface area is 207 Å². The van der Waals surface area contributed by atoms with E-state index >= 15 is 0 Å². The van der Waals surface area contributed by atoms with E-state index in [9.17, 15) is 26.9 Å². The Hall–Kier alpha value is -4.47. The van der Waals surface area contributed by atoms with Gasteiger partial charge in [0.2, 0.25) is 0 Å². The Kier molecular flexibility index (Phi) is 5.82. The molecule has 10 heteroatoms. The SMILES string of the molecule is Cn1c(=O)c2c3ccc4cc5ccccc5cc4cc3n(-c3ccccc3)c2[n+](C)c1=O.F[B-](F)(F)F. The van der Waals surface area contributed by atoms with Crippen LogP contribution < -0.4 is 15.8 Å². The lowest BCUT2D eigenvalue weighted by Crippen LogP contribution is -2.55. The highest BCUT2D eigenvalue weighted by Gasteiger charge is 2.26. The first-order valence-corrected chi connectivity index (χ1v) is 11.4. The molecule has 0 atom stereocenters. The van der Waals surface area contributed by atoms with Crippen LogP contribution in [0.15, 0.2) is 94.5 Å². The fourth-order valence-corrected chi connectivity index (χ4v) is 4.71. The summed E-state index contributed by atoms with van der Waals surface area (Å²) in [4.78, 5) is 26.1. The first kappa shape index (κ1) is 24.2. The van der Waals surface area contributed by atoms with Crippen molar-refractivity contribution in [1.29, 1.82) is 0 Å². The second-order valence-electron chi connectivity index (χ2n) is 8.68. The highest BCUT2D eigenvalue weighted by atomic mass is 19.5. The number of benzene rings is 3. The average Bonchev–Trinajstić information content (AvgIpc) is 3.07. The van der Waals surface area contributed by atoms with E-state index < -0.39 is 7.25 Å². The Bertz CT molecular complexity index is 1940. The summed E-state index contributed by atoms with van der Waals surface area (Å²) in [6.45, 7) is 0. The van der Waals surface area contributed by atoms with E-state index in [1.165, 1.54) is 17.0 Å². The van der Waals surface area contributed by atoms with E-state index in [2.05, 4.69) is 36.4 Å². The number of hydrogen-bond acceptors (Lipinski definition) is 2. The van der Waals surface area contributed by atoms with Crippen LogP contribution in [0.3, 0.4) is 0 Å². The smallest absolute Gasteiger partial charge is 0.418 e. The zero-order chi connectivity index (χ0) is 26.5. The molecule has 5 nitrogen and oxygen atoms in total. The molecule has 37 heavy (non-hydrogen) atoms. The van der Waals surface area contributed by atoms with Gasteiger partial charge in [0.15, 0.2) is 0 Å². The van der Waals surface area contributed by atoms with Gasteiger partial charge in [0.25, 0.3) is 5.65 Å². The molecule has 0 fully saturated rings. The average molecular weight is 505 g/mol. The molecule has 0 amide bonds. The van der Waals surface area contributed by atoms with Crippen molar-refractivity contribution in [2.45, 2.75) is 0 Å². The molecular formula is C27H20BF4N3O2. The number of nitrogens with zero attached hydrogens (tertiary/aromatic N) is 3. The van der Waals surface area contributed by atoms with Crippen molar-refractivity contribution in [2.75, 3.05) is 0 Å². The minimum absolute atomic E-state index is 0.289. The summed E-state index contributed by atoms with van der Waals surface area (Å²) in [5.41, 5.74) is 1.75. The highest BCUT2D eigenvalue weighted by Crippen LogP contribution is 2.31. The molecule has 0 aliphatic carbocycles. The van der Waals surface area contributed by atoms with Crippen molar-refractivity contribution in [1.82, 2.24) is 9.13 Å². The summed E-state index contributed by atoms with van der Waals surface area (Å²) in [6, 6.07) is 28.7. The summed E-state index contributed by atoms with van der Waals surface area (Å²) in [5.74, 6) is 0. The Morgan fingerprint density at radius 2 is 1.27 bits per heavy atom. The minimum Gasteiger partial charge on any atom is -0.418 e. The van der Waals surface area contributed by atoms with Crippen molar-refractivity contribution in [3.05, 3.63) is 106 Å². The van der Waals surface area contributed by atoms with E-state index in [1.54, 1.807) is 11.6 Å². The Morgan fingerprint density at radius 3 is 1.89 bits per heavy atom. The largest absolute Gasteiger partial charge is 0.673 e. The molecule has 0 aliphatic rings. The summed E-state index contributed by atoms with van der Waals surface area (Å²) < 4.78 is 43.8. The zero-order valence-corrected chi connectivity index (χ0v) is 19.8. The number of para-hydroxylation sites is 1. The van der Waals surface area contributed by atoms with Gasteiger partial charge >= 0.3 is 18.5 Å². The van der Waals surface area contributed by atoms with Crippen LogP contribution in [0.25, 0.3) is 49.2 Å². The fraction of sp³-hybridized carbons (Fsp3) is 0.0741. The molecule has 0 aliphatic heterocycles. The Balaban J connectivity index is 0.000000514. The third-order valence-electron chi connectivity index (χ3n) is 6.32. The lowest BCUT2D eigenvalue weighted by atomic mass is 10.1. The first-order valence-electron chi connectivity index (χ1n) is 11.4. The van der Waals surface area contributed by atoms with Gasteiger partial charge in [-0.05, 0) is 57.9 Å². The number of hydrogen-bond donors (Lipinski definition) is 0. The molecule has 0 radical (unpaired) electrons. The molecule has 4 aromatic carbocycles. The first-order chi connectivity index (χ1) is 17.5. The molecule has 0 saturated carbocycles. The highest BCUT2D eigenvalue weighted by molar-refractivity contribution is 6.50. The van der Waals surface area contributed by atoms with Crippen molar-refractivity contribution in [3.8, 4) is 5.69 Å². The predicted molar refractivity (Wildman–Crippen MR) is 139 cm³/mol. The lowest BCUT2D eigenvalue weighted by Gasteiger charge is -2.04. The van der Waals surface area contributed by atoms with E-state index in [0.29, 0.717) is 11.0 Å². The van der Waals surface area contributed by atoms with Crippen LogP contribution in [0.2, 0.25) is 0 Å². The molecule has 0 bridgehead atoms. The second kappa shape index (κ2) is 8.88. The fourth-order valence-electron chi connectivity index (χ4n) is 4.71. The van der Waals surface area contributed by atoms with Gasteiger partial charge in [-0.25, -0.2) is 14.2 Å². The standard InChI is InChI=1S/C27H20N3O2.BF4/c1-28-25-24(26(31)29(2)27(28)32)22-13-12-19-14-17-8-6-7-9-18(17)15-20(19)16-23(22)30(25)21-10-4-3-5-11-21;2-1(3,4)5/h3-16H,1-2H3;/q+1;-1. The maximum Gasteiger partial charge on any atom is 0.673 e. The topological polar surface area (TPSA) is 47.9 Å². The maximum atomic E-state index is 13.3. The van der Waals surface area contributed by atoms with Gasteiger partial charge in [-0.3, -0.25) is 0 Å². The predicted octanol–water partition coefficient (Wildman–Crippen LogP) is 5.27. The molecule has 6 aromatic rings. The van der Waals surface area contributed by atoms with E-state index in [0.717, 1.165) is 32.7 Å². The van der Waals surface area contributed by atoms with Crippen LogP contribution in [0.4, 0.5) is 17.3 Å². The summed E-state index contributed by atoms with van der Waals surface area (Å²) in [7, 11) is -2.75. The van der Waals surface area contributed by atoms with Gasteiger partial charge in [-0.15, -0.1) is 0 Å². The van der Waals surface area contributed by atoms with E-state index in [-0.39, 0.29) is 11.2 Å². The quantitative estimate of drug-likeness (QED) is 0.174. The molecule has 0 spiro atoms. The lowest BCUT2D eigenvalue weighted by molar-refractivity contribution is -0.667. The maximum absolute atomic E-state index is 13.3. The van der Waals surface area contributed by atoms with E-state index in [4.69, 9.17) is 0 Å². The van der Waals surface area contributed by atoms with Crippen LogP contribution in [-0.2, 0) is 14.1 Å². The summed E-state index contributed by atoms with van der Waals surface area (Å²) >= 11 is 0. The molecule has 0 saturated heterocycles. The third kappa shape index (κ3) is 4.35. The Morgan fingerprint density at radius 1 is 0.730 bits per heavy atom. The number of halogens is 4. The number of aryl methyl sites for hydroxylation is 1. The van der Waals surface area contributed by atoms with Gasteiger partial charge < -0.3 is 17.3 Å². The summed E-state index contributed by atoms with van der Waals surface area (Å²) in [6.07, 6.45) is 0.